The maximum absolute atomic E-state index is 11.8. The van der Waals surface area contributed by atoms with Gasteiger partial charge in [0.15, 0.2) is 5.96 Å². The van der Waals surface area contributed by atoms with Gasteiger partial charge in [0.05, 0.1) is 0 Å². The van der Waals surface area contributed by atoms with Gasteiger partial charge in [0.1, 0.15) is 0 Å². The Labute approximate surface area is 163 Å². The Hall–Kier alpha value is -1.31. The number of benzene rings is 1. The number of carbonyl (C=O) groups is 1. The smallest absolute Gasteiger partial charge is 0.225 e. The molecule has 1 rings (SSSR count). The average Bonchev–Trinajstić information content (AvgIpc) is 2.53. The maximum Gasteiger partial charge on any atom is 0.225 e. The van der Waals surface area contributed by atoms with E-state index < -0.39 is 0 Å². The van der Waals surface area contributed by atoms with Crippen molar-refractivity contribution >= 4 is 35.8 Å². The maximum atomic E-state index is 11.8. The largest absolute Gasteiger partial charge is 0.356 e. The number of aliphatic imine (C=N–C) groups is 1. The molecule has 0 aliphatic heterocycles. The van der Waals surface area contributed by atoms with Crippen LogP contribution in [0.15, 0.2) is 35.3 Å². The Balaban J connectivity index is 0.00000529. The van der Waals surface area contributed by atoms with Crippen LogP contribution in [0.25, 0.3) is 0 Å². The molecule has 0 spiro atoms. The zero-order valence-electron chi connectivity index (χ0n) is 15.3. The molecule has 24 heavy (non-hydrogen) atoms. The van der Waals surface area contributed by atoms with Crippen LogP contribution in [0.5, 0.6) is 0 Å². The van der Waals surface area contributed by atoms with Crippen molar-refractivity contribution < 1.29 is 4.79 Å². The fourth-order valence-corrected chi connectivity index (χ4v) is 1.99. The summed E-state index contributed by atoms with van der Waals surface area (Å²) >= 11 is 0. The summed E-state index contributed by atoms with van der Waals surface area (Å²) in [6, 6.07) is 10.4. The number of nitrogens with one attached hydrogen (secondary N) is 3. The van der Waals surface area contributed by atoms with E-state index in [0.29, 0.717) is 19.0 Å². The Morgan fingerprint density at radius 2 is 1.67 bits per heavy atom. The van der Waals surface area contributed by atoms with E-state index in [-0.39, 0.29) is 35.3 Å². The van der Waals surface area contributed by atoms with Crippen molar-refractivity contribution in [3.8, 4) is 0 Å². The zero-order valence-corrected chi connectivity index (χ0v) is 17.7. The van der Waals surface area contributed by atoms with E-state index in [2.05, 4.69) is 52.1 Å². The monoisotopic (exact) mass is 446 g/mol. The molecule has 0 fully saturated rings. The van der Waals surface area contributed by atoms with Crippen LogP contribution in [0.3, 0.4) is 0 Å². The van der Waals surface area contributed by atoms with Gasteiger partial charge in [-0.05, 0) is 11.5 Å². The number of amides is 1. The second-order valence-electron chi connectivity index (χ2n) is 6.70. The van der Waals surface area contributed by atoms with Crippen LogP contribution in [-0.4, -0.2) is 38.5 Å². The van der Waals surface area contributed by atoms with E-state index in [9.17, 15) is 4.79 Å². The molecule has 0 saturated heterocycles. The average molecular weight is 446 g/mol. The summed E-state index contributed by atoms with van der Waals surface area (Å²) in [6.07, 6.45) is 0. The summed E-state index contributed by atoms with van der Waals surface area (Å²) in [5.74, 6) is 1.20. The quantitative estimate of drug-likeness (QED) is 0.273. The van der Waals surface area contributed by atoms with Crippen molar-refractivity contribution in [2.75, 3.05) is 26.7 Å². The fraction of sp³-hybridized carbons (Fsp3) is 0.556. The highest BCUT2D eigenvalue weighted by molar-refractivity contribution is 14.0. The Morgan fingerprint density at radius 1 is 1.08 bits per heavy atom. The molecule has 1 unspecified atom stereocenters. The van der Waals surface area contributed by atoms with Crippen molar-refractivity contribution in [2.24, 2.45) is 10.4 Å². The fourth-order valence-electron chi connectivity index (χ4n) is 1.99. The Kier molecular flexibility index (Phi) is 10.7. The van der Waals surface area contributed by atoms with E-state index in [4.69, 9.17) is 0 Å². The third kappa shape index (κ3) is 8.52. The van der Waals surface area contributed by atoms with E-state index in [0.717, 1.165) is 12.5 Å². The lowest BCUT2D eigenvalue weighted by Crippen LogP contribution is -2.44. The van der Waals surface area contributed by atoms with Gasteiger partial charge >= 0.3 is 0 Å². The molecule has 5 nitrogen and oxygen atoms in total. The SMILES string of the molecule is CN=C(NCCNC(=O)C(C)(C)C)NCC(C)c1ccccc1.I. The molecule has 0 bridgehead atoms. The first-order valence-corrected chi connectivity index (χ1v) is 8.12. The summed E-state index contributed by atoms with van der Waals surface area (Å²) in [6.45, 7) is 9.91. The molecular weight excluding hydrogens is 415 g/mol. The predicted octanol–water partition coefficient (Wildman–Crippen LogP) is 2.74. The summed E-state index contributed by atoms with van der Waals surface area (Å²) in [4.78, 5) is 16.0. The molecule has 136 valence electrons. The van der Waals surface area contributed by atoms with Crippen LogP contribution in [0.1, 0.15) is 39.2 Å². The highest BCUT2D eigenvalue weighted by Gasteiger charge is 2.20. The third-order valence-electron chi connectivity index (χ3n) is 3.55. The first-order chi connectivity index (χ1) is 10.8. The predicted molar refractivity (Wildman–Crippen MR) is 112 cm³/mol. The summed E-state index contributed by atoms with van der Waals surface area (Å²) < 4.78 is 0. The summed E-state index contributed by atoms with van der Waals surface area (Å²) in [5, 5.41) is 9.43. The molecule has 6 heteroatoms. The van der Waals surface area contributed by atoms with Gasteiger partial charge < -0.3 is 16.0 Å². The molecule has 0 radical (unpaired) electrons. The second-order valence-corrected chi connectivity index (χ2v) is 6.70. The summed E-state index contributed by atoms with van der Waals surface area (Å²) in [5.41, 5.74) is 0.943. The number of carbonyl (C=O) groups excluding carboxylic acids is 1. The lowest BCUT2D eigenvalue weighted by atomic mass is 9.96. The van der Waals surface area contributed by atoms with Crippen LogP contribution >= 0.6 is 24.0 Å². The minimum atomic E-state index is -0.356. The molecule has 1 atom stereocenters. The molecule has 1 aromatic carbocycles. The molecule has 0 heterocycles. The lowest BCUT2D eigenvalue weighted by molar-refractivity contribution is -0.128. The van der Waals surface area contributed by atoms with Gasteiger partial charge in [-0.2, -0.15) is 0 Å². The third-order valence-corrected chi connectivity index (χ3v) is 3.55. The highest BCUT2D eigenvalue weighted by atomic mass is 127. The Morgan fingerprint density at radius 3 is 2.21 bits per heavy atom. The number of hydrogen-bond acceptors (Lipinski definition) is 2. The van der Waals surface area contributed by atoms with Gasteiger partial charge in [-0.1, -0.05) is 58.0 Å². The molecule has 3 N–H and O–H groups in total. The van der Waals surface area contributed by atoms with Gasteiger partial charge in [-0.15, -0.1) is 24.0 Å². The minimum absolute atomic E-state index is 0. The van der Waals surface area contributed by atoms with Crippen LogP contribution in [0, 0.1) is 5.41 Å². The highest BCUT2D eigenvalue weighted by Crippen LogP contribution is 2.13. The number of rotatable bonds is 6. The van der Waals surface area contributed by atoms with Crippen molar-refractivity contribution in [1.82, 2.24) is 16.0 Å². The Bertz CT molecular complexity index is 512. The van der Waals surface area contributed by atoms with Crippen molar-refractivity contribution in [3.63, 3.8) is 0 Å². The van der Waals surface area contributed by atoms with Gasteiger partial charge in [-0.3, -0.25) is 9.79 Å². The van der Waals surface area contributed by atoms with Crippen LogP contribution in [-0.2, 0) is 4.79 Å². The first-order valence-electron chi connectivity index (χ1n) is 8.12. The van der Waals surface area contributed by atoms with Crippen molar-refractivity contribution in [1.29, 1.82) is 0 Å². The topological polar surface area (TPSA) is 65.5 Å². The van der Waals surface area contributed by atoms with Crippen LogP contribution in [0.2, 0.25) is 0 Å². The number of hydrogen-bond donors (Lipinski definition) is 3. The molecule has 0 aromatic heterocycles. The van der Waals surface area contributed by atoms with Gasteiger partial charge in [-0.25, -0.2) is 0 Å². The number of nitrogens with zero attached hydrogens (tertiary/aromatic N) is 1. The van der Waals surface area contributed by atoms with Crippen molar-refractivity contribution in [2.45, 2.75) is 33.6 Å². The molecular formula is C18H31IN4O. The first kappa shape index (κ1) is 22.7. The summed E-state index contributed by atoms with van der Waals surface area (Å²) in [7, 11) is 1.75. The second kappa shape index (κ2) is 11.3. The van der Waals surface area contributed by atoms with E-state index in [1.807, 2.05) is 26.8 Å². The van der Waals surface area contributed by atoms with Crippen LogP contribution < -0.4 is 16.0 Å². The molecule has 0 aliphatic rings. The lowest BCUT2D eigenvalue weighted by Gasteiger charge is -2.19. The standard InChI is InChI=1S/C18H30N4O.HI/c1-14(15-9-7-6-8-10-15)13-22-17(19-5)21-12-11-20-16(23)18(2,3)4;/h6-10,14H,11-13H2,1-5H3,(H,20,23)(H2,19,21,22);1H. The molecule has 0 aliphatic carbocycles. The van der Waals surface area contributed by atoms with Crippen LogP contribution in [0.4, 0.5) is 0 Å². The normalized spacial score (nSPS) is 12.8. The van der Waals surface area contributed by atoms with Crippen molar-refractivity contribution in [3.05, 3.63) is 35.9 Å². The van der Waals surface area contributed by atoms with E-state index >= 15 is 0 Å². The van der Waals surface area contributed by atoms with Gasteiger partial charge in [0, 0.05) is 32.1 Å². The van der Waals surface area contributed by atoms with E-state index in [1.54, 1.807) is 7.05 Å². The molecule has 0 saturated carbocycles. The van der Waals surface area contributed by atoms with Gasteiger partial charge in [0.2, 0.25) is 5.91 Å². The minimum Gasteiger partial charge on any atom is -0.356 e. The zero-order chi connectivity index (χ0) is 17.3. The molecule has 1 amide bonds. The van der Waals surface area contributed by atoms with Gasteiger partial charge in [0.25, 0.3) is 0 Å². The molecule has 1 aromatic rings. The van der Waals surface area contributed by atoms with E-state index in [1.165, 1.54) is 5.56 Å². The number of guanidine groups is 1. The number of halogens is 1.